The van der Waals surface area contributed by atoms with E-state index in [1.807, 2.05) is 12.5 Å². The molecule has 0 aliphatic carbocycles. The maximum absolute atomic E-state index is 12.1. The third-order valence-corrected chi connectivity index (χ3v) is 5.85. The number of allylic oxidation sites excluding steroid dienone is 1. The van der Waals surface area contributed by atoms with Gasteiger partial charge in [-0.3, -0.25) is 0 Å². The summed E-state index contributed by atoms with van der Waals surface area (Å²) in [6.07, 6.45) is 4.33. The van der Waals surface area contributed by atoms with Crippen molar-refractivity contribution < 1.29 is 18.3 Å². The van der Waals surface area contributed by atoms with Gasteiger partial charge in [0.1, 0.15) is 0 Å². The van der Waals surface area contributed by atoms with Crippen molar-refractivity contribution in [3.8, 4) is 0 Å². The van der Waals surface area contributed by atoms with Gasteiger partial charge in [0.25, 0.3) is 6.08 Å². The van der Waals surface area contributed by atoms with E-state index in [9.17, 15) is 13.6 Å². The summed E-state index contributed by atoms with van der Waals surface area (Å²) in [5.74, 6) is 0. The van der Waals surface area contributed by atoms with Crippen molar-refractivity contribution in [3.63, 3.8) is 0 Å². The number of rotatable bonds is 10. The molecule has 0 saturated carbocycles. The van der Waals surface area contributed by atoms with E-state index in [4.69, 9.17) is 4.74 Å². The average molecular weight is 364 g/mol. The van der Waals surface area contributed by atoms with Crippen LogP contribution >= 0.6 is 43.5 Å². The summed E-state index contributed by atoms with van der Waals surface area (Å²) in [7, 11) is 5.55. The second-order valence-electron chi connectivity index (χ2n) is 3.71. The van der Waals surface area contributed by atoms with Crippen molar-refractivity contribution in [2.24, 2.45) is 0 Å². The SMILES string of the molecule is CSSN(SSC)C(=O)OCCCCCC(C)=C(F)F. The van der Waals surface area contributed by atoms with Gasteiger partial charge in [-0.2, -0.15) is 12.5 Å². The van der Waals surface area contributed by atoms with Gasteiger partial charge in [-0.1, -0.05) is 21.6 Å². The van der Waals surface area contributed by atoms with E-state index in [2.05, 4.69) is 0 Å². The summed E-state index contributed by atoms with van der Waals surface area (Å²) in [4.78, 5) is 11.7. The predicted octanol–water partition coefficient (Wildman–Crippen LogP) is 6.01. The summed E-state index contributed by atoms with van der Waals surface area (Å²) in [6.45, 7) is 1.76. The van der Waals surface area contributed by atoms with E-state index < -0.39 is 6.08 Å². The van der Waals surface area contributed by atoms with Crippen LogP contribution in [-0.4, -0.2) is 28.9 Å². The fourth-order valence-corrected chi connectivity index (χ4v) is 4.95. The van der Waals surface area contributed by atoms with E-state index in [0.29, 0.717) is 25.9 Å². The first-order valence-corrected chi connectivity index (χ1v) is 10.9. The first-order valence-electron chi connectivity index (χ1n) is 5.92. The molecule has 20 heavy (non-hydrogen) atoms. The lowest BCUT2D eigenvalue weighted by atomic mass is 10.1. The zero-order chi connectivity index (χ0) is 15.4. The van der Waals surface area contributed by atoms with Crippen LogP contribution in [0.4, 0.5) is 13.6 Å². The lowest BCUT2D eigenvalue weighted by Gasteiger charge is -2.16. The van der Waals surface area contributed by atoms with Crippen LogP contribution in [0.3, 0.4) is 0 Å². The highest BCUT2D eigenvalue weighted by Crippen LogP contribution is 2.36. The molecule has 0 rings (SSSR count). The van der Waals surface area contributed by atoms with Crippen LogP contribution < -0.4 is 0 Å². The van der Waals surface area contributed by atoms with E-state index in [-0.39, 0.29) is 11.7 Å². The minimum atomic E-state index is -1.59. The van der Waals surface area contributed by atoms with Crippen molar-refractivity contribution in [2.45, 2.75) is 32.6 Å². The van der Waals surface area contributed by atoms with E-state index in [0.717, 1.165) is 6.42 Å². The van der Waals surface area contributed by atoms with Gasteiger partial charge < -0.3 is 4.74 Å². The molecule has 0 aromatic rings. The molecule has 0 unspecified atom stereocenters. The molecule has 0 fully saturated rings. The number of hydrogen-bond donors (Lipinski definition) is 0. The number of hydrogen-bond acceptors (Lipinski definition) is 6. The molecule has 0 bridgehead atoms. The highest BCUT2D eigenvalue weighted by molar-refractivity contribution is 8.83. The summed E-state index contributed by atoms with van der Waals surface area (Å²) in [5.41, 5.74) is 0.140. The third-order valence-electron chi connectivity index (χ3n) is 2.18. The smallest absolute Gasteiger partial charge is 0.431 e. The minimum absolute atomic E-state index is 0.140. The fraction of sp³-hybridized carbons (Fsp3) is 0.727. The molecule has 0 atom stereocenters. The second-order valence-corrected chi connectivity index (χ2v) is 8.53. The Morgan fingerprint density at radius 2 is 1.70 bits per heavy atom. The first kappa shape index (κ1) is 20.3. The molecule has 0 radical (unpaired) electrons. The number of unbranched alkanes of at least 4 members (excludes halogenated alkanes) is 2. The lowest BCUT2D eigenvalue weighted by molar-refractivity contribution is 0.140. The van der Waals surface area contributed by atoms with Gasteiger partial charge in [0.15, 0.2) is 0 Å². The molecular weight excluding hydrogens is 344 g/mol. The molecule has 0 aromatic carbocycles. The molecule has 0 saturated heterocycles. The van der Waals surface area contributed by atoms with Crippen LogP contribution in [0.1, 0.15) is 32.6 Å². The number of nitrogens with zero attached hydrogens (tertiary/aromatic N) is 1. The van der Waals surface area contributed by atoms with Crippen LogP contribution in [0.15, 0.2) is 11.7 Å². The molecule has 0 N–H and O–H groups in total. The average Bonchev–Trinajstić information content (AvgIpc) is 2.41. The Hall–Kier alpha value is 0.270. The fourth-order valence-electron chi connectivity index (χ4n) is 1.18. The molecule has 3 nitrogen and oxygen atoms in total. The Morgan fingerprint density at radius 1 is 1.10 bits per heavy atom. The zero-order valence-electron chi connectivity index (χ0n) is 11.7. The van der Waals surface area contributed by atoms with Crippen LogP contribution in [0.5, 0.6) is 0 Å². The van der Waals surface area contributed by atoms with Crippen LogP contribution in [0, 0.1) is 0 Å². The Balaban J connectivity index is 3.72. The van der Waals surface area contributed by atoms with Gasteiger partial charge in [0, 0.05) is 22.0 Å². The molecular formula is C11H19F2NO2S4. The molecule has 0 aromatic heterocycles. The molecule has 9 heteroatoms. The Kier molecular flexibility index (Phi) is 13.1. The Morgan fingerprint density at radius 3 is 2.20 bits per heavy atom. The monoisotopic (exact) mass is 363 g/mol. The zero-order valence-corrected chi connectivity index (χ0v) is 15.0. The number of halogens is 2. The molecule has 118 valence electrons. The van der Waals surface area contributed by atoms with Crippen LogP contribution in [0.2, 0.25) is 0 Å². The van der Waals surface area contributed by atoms with E-state index in [1.165, 1.54) is 54.2 Å². The van der Waals surface area contributed by atoms with Gasteiger partial charge >= 0.3 is 6.09 Å². The normalized spacial score (nSPS) is 10.2. The number of ether oxygens (including phenoxy) is 1. The van der Waals surface area contributed by atoms with E-state index >= 15 is 0 Å². The van der Waals surface area contributed by atoms with Gasteiger partial charge in [-0.05, 0) is 50.7 Å². The summed E-state index contributed by atoms with van der Waals surface area (Å²) in [6, 6.07) is 0. The van der Waals surface area contributed by atoms with Crippen LogP contribution in [-0.2, 0) is 4.74 Å². The van der Waals surface area contributed by atoms with Gasteiger partial charge in [-0.25, -0.2) is 4.79 Å². The topological polar surface area (TPSA) is 29.5 Å². The summed E-state index contributed by atoms with van der Waals surface area (Å²) >= 11 is 0. The van der Waals surface area contributed by atoms with E-state index in [1.54, 1.807) is 0 Å². The minimum Gasteiger partial charge on any atom is -0.448 e. The summed E-state index contributed by atoms with van der Waals surface area (Å²) in [5, 5.41) is 0. The molecule has 1 amide bonds. The van der Waals surface area contributed by atoms with Crippen molar-refractivity contribution in [3.05, 3.63) is 11.7 Å². The van der Waals surface area contributed by atoms with Crippen molar-refractivity contribution in [2.75, 3.05) is 19.1 Å². The van der Waals surface area contributed by atoms with Crippen molar-refractivity contribution in [1.82, 2.24) is 3.71 Å². The van der Waals surface area contributed by atoms with Gasteiger partial charge in [0.2, 0.25) is 0 Å². The predicted molar refractivity (Wildman–Crippen MR) is 88.8 cm³/mol. The van der Waals surface area contributed by atoms with Crippen LogP contribution in [0.25, 0.3) is 0 Å². The molecule has 0 heterocycles. The molecule has 0 spiro atoms. The number of carbonyl (C=O) groups excluding carboxylic acids is 1. The van der Waals surface area contributed by atoms with Crippen molar-refractivity contribution in [1.29, 1.82) is 0 Å². The highest BCUT2D eigenvalue weighted by Gasteiger charge is 2.16. The van der Waals surface area contributed by atoms with Gasteiger partial charge in [-0.15, -0.1) is 0 Å². The third kappa shape index (κ3) is 10.1. The Labute approximate surface area is 135 Å². The second kappa shape index (κ2) is 13.0. The Bertz CT molecular complexity index is 309. The van der Waals surface area contributed by atoms with Gasteiger partial charge in [0.05, 0.1) is 6.61 Å². The quantitative estimate of drug-likeness (QED) is 0.268. The number of carbonyl (C=O) groups is 1. The van der Waals surface area contributed by atoms with Crippen molar-refractivity contribution >= 4 is 49.6 Å². The maximum atomic E-state index is 12.1. The first-order chi connectivity index (χ1) is 9.52. The molecule has 0 aliphatic heterocycles. The standard InChI is InChI=1S/C11H19F2NO2S4/c1-9(10(12)13)7-5-4-6-8-16-11(15)14(19-17-2)20-18-3/h4-8H2,1-3H3. The highest BCUT2D eigenvalue weighted by atomic mass is 33.1. The molecule has 0 aliphatic rings. The number of amides is 1. The largest absolute Gasteiger partial charge is 0.448 e. The maximum Gasteiger partial charge on any atom is 0.431 e. The lowest BCUT2D eigenvalue weighted by Crippen LogP contribution is -2.17. The summed E-state index contributed by atoms with van der Waals surface area (Å²) < 4.78 is 30.9.